The maximum atomic E-state index is 12.3. The number of Topliss-reactive ketones (excluding diaryl/α,β-unsaturated/α-hetero) is 1. The third kappa shape index (κ3) is 3.62. The fourth-order valence-electron chi connectivity index (χ4n) is 2.41. The summed E-state index contributed by atoms with van der Waals surface area (Å²) in [6.07, 6.45) is 6.77. The van der Waals surface area contributed by atoms with Gasteiger partial charge in [0.05, 0.1) is 0 Å². The first-order valence-electron chi connectivity index (χ1n) is 6.11. The van der Waals surface area contributed by atoms with Crippen LogP contribution in [-0.2, 0) is 4.79 Å². The summed E-state index contributed by atoms with van der Waals surface area (Å²) in [5.41, 5.74) is -0.0154. The molecule has 0 N–H and O–H groups in total. The summed E-state index contributed by atoms with van der Waals surface area (Å²) in [4.78, 5) is 12.3. The van der Waals surface area contributed by atoms with Crippen molar-refractivity contribution >= 4 is 17.4 Å². The lowest BCUT2D eigenvalue weighted by molar-refractivity contribution is -0.129. The number of halogens is 1. The normalized spacial score (nSPS) is 31.3. The molecule has 0 spiro atoms. The zero-order valence-electron chi connectivity index (χ0n) is 10.9. The molecular formula is C14H23ClO. The van der Waals surface area contributed by atoms with Crippen LogP contribution >= 0.6 is 11.6 Å². The van der Waals surface area contributed by atoms with E-state index < -0.39 is 0 Å². The van der Waals surface area contributed by atoms with Crippen LogP contribution in [-0.4, -0.2) is 5.78 Å². The van der Waals surface area contributed by atoms with E-state index in [0.29, 0.717) is 12.2 Å². The minimum absolute atomic E-state index is 0.175. The van der Waals surface area contributed by atoms with Crippen molar-refractivity contribution in [3.63, 3.8) is 0 Å². The van der Waals surface area contributed by atoms with Gasteiger partial charge in [-0.1, -0.05) is 44.9 Å². The molecule has 2 heteroatoms. The van der Waals surface area contributed by atoms with Gasteiger partial charge in [0.15, 0.2) is 0 Å². The van der Waals surface area contributed by atoms with E-state index in [4.69, 9.17) is 11.6 Å². The van der Waals surface area contributed by atoms with Crippen LogP contribution in [0.25, 0.3) is 0 Å². The minimum atomic E-state index is -0.191. The topological polar surface area (TPSA) is 17.1 Å². The zero-order chi connectivity index (χ0) is 12.4. The molecule has 1 atom stereocenters. The molecule has 0 radical (unpaired) electrons. The molecule has 92 valence electrons. The summed E-state index contributed by atoms with van der Waals surface area (Å²) in [6.45, 7) is 8.35. The van der Waals surface area contributed by atoms with Gasteiger partial charge in [0.25, 0.3) is 0 Å². The molecule has 1 saturated carbocycles. The highest BCUT2D eigenvalue weighted by molar-refractivity contribution is 6.29. The van der Waals surface area contributed by atoms with Gasteiger partial charge in [0.2, 0.25) is 0 Å². The Morgan fingerprint density at radius 3 is 2.56 bits per heavy atom. The first-order chi connectivity index (χ1) is 7.25. The molecule has 1 rings (SSSR count). The standard InChI is InChI=1S/C14H23ClO/c1-11(15)6-9-14(4)8-5-7-13(2,3)10-12(14)16/h6H,5,7-10H2,1-4H3. The predicted molar refractivity (Wildman–Crippen MR) is 69.6 cm³/mol. The first-order valence-corrected chi connectivity index (χ1v) is 6.49. The van der Waals surface area contributed by atoms with E-state index in [1.807, 2.05) is 13.0 Å². The second-order valence-corrected chi connectivity index (χ2v) is 6.77. The minimum Gasteiger partial charge on any atom is -0.299 e. The van der Waals surface area contributed by atoms with Gasteiger partial charge in [-0.05, 0) is 31.6 Å². The molecule has 16 heavy (non-hydrogen) atoms. The summed E-state index contributed by atoms with van der Waals surface area (Å²) in [5, 5.41) is 0.789. The number of rotatable bonds is 2. The second-order valence-electron chi connectivity index (χ2n) is 6.17. The van der Waals surface area contributed by atoms with E-state index in [1.54, 1.807) is 0 Å². The van der Waals surface area contributed by atoms with Crippen molar-refractivity contribution in [1.82, 2.24) is 0 Å². The third-order valence-electron chi connectivity index (χ3n) is 3.73. The monoisotopic (exact) mass is 242 g/mol. The van der Waals surface area contributed by atoms with Crippen molar-refractivity contribution in [2.75, 3.05) is 0 Å². The van der Waals surface area contributed by atoms with Gasteiger partial charge in [0.1, 0.15) is 5.78 Å². The van der Waals surface area contributed by atoms with Gasteiger partial charge < -0.3 is 0 Å². The molecule has 1 nitrogen and oxygen atoms in total. The second kappa shape index (κ2) is 4.91. The molecule has 0 saturated heterocycles. The van der Waals surface area contributed by atoms with Gasteiger partial charge >= 0.3 is 0 Å². The molecule has 0 aromatic carbocycles. The molecule has 1 aliphatic rings. The predicted octanol–water partition coefficient (Wildman–Crippen LogP) is 4.69. The van der Waals surface area contributed by atoms with Gasteiger partial charge in [-0.2, -0.15) is 0 Å². The largest absolute Gasteiger partial charge is 0.299 e. The van der Waals surface area contributed by atoms with Gasteiger partial charge in [-0.25, -0.2) is 0 Å². The van der Waals surface area contributed by atoms with E-state index in [2.05, 4.69) is 20.8 Å². The van der Waals surface area contributed by atoms with Crippen molar-refractivity contribution in [2.24, 2.45) is 10.8 Å². The fraction of sp³-hybridized carbons (Fsp3) is 0.786. The first kappa shape index (κ1) is 13.8. The van der Waals surface area contributed by atoms with Crippen LogP contribution in [0.2, 0.25) is 0 Å². The van der Waals surface area contributed by atoms with Gasteiger partial charge in [0, 0.05) is 16.9 Å². The summed E-state index contributed by atoms with van der Waals surface area (Å²) in [5.74, 6) is 0.407. The molecule has 0 aromatic rings. The van der Waals surface area contributed by atoms with Crippen LogP contribution in [0.15, 0.2) is 11.1 Å². The smallest absolute Gasteiger partial charge is 0.139 e. The maximum absolute atomic E-state index is 12.3. The molecule has 1 unspecified atom stereocenters. The number of ketones is 1. The fourth-order valence-corrected chi connectivity index (χ4v) is 2.49. The average molecular weight is 243 g/mol. The highest BCUT2D eigenvalue weighted by Crippen LogP contribution is 2.42. The Morgan fingerprint density at radius 2 is 2.00 bits per heavy atom. The highest BCUT2D eigenvalue weighted by atomic mass is 35.5. The van der Waals surface area contributed by atoms with Crippen molar-refractivity contribution in [2.45, 2.75) is 59.8 Å². The number of hydrogen-bond acceptors (Lipinski definition) is 1. The molecular weight excluding hydrogens is 220 g/mol. The van der Waals surface area contributed by atoms with E-state index in [9.17, 15) is 4.79 Å². The van der Waals surface area contributed by atoms with Crippen LogP contribution in [0.5, 0.6) is 0 Å². The Kier molecular flexibility index (Phi) is 4.23. The Balaban J connectivity index is 2.80. The highest BCUT2D eigenvalue weighted by Gasteiger charge is 2.38. The third-order valence-corrected chi connectivity index (χ3v) is 3.88. The SMILES string of the molecule is CC(Cl)=CCC1(C)CCCC(C)(C)CC1=O. The van der Waals surface area contributed by atoms with E-state index in [0.717, 1.165) is 30.7 Å². The molecule has 0 bridgehead atoms. The molecule has 0 aromatic heterocycles. The molecule has 0 aliphatic heterocycles. The summed E-state index contributed by atoms with van der Waals surface area (Å²) in [6, 6.07) is 0. The number of carbonyl (C=O) groups is 1. The Labute approximate surface area is 104 Å². The summed E-state index contributed by atoms with van der Waals surface area (Å²) >= 11 is 5.85. The lowest BCUT2D eigenvalue weighted by Gasteiger charge is -2.26. The van der Waals surface area contributed by atoms with E-state index in [-0.39, 0.29) is 10.8 Å². The zero-order valence-corrected chi connectivity index (χ0v) is 11.7. The number of hydrogen-bond donors (Lipinski definition) is 0. The summed E-state index contributed by atoms with van der Waals surface area (Å²) < 4.78 is 0. The average Bonchev–Trinajstić information content (AvgIpc) is 2.22. The summed E-state index contributed by atoms with van der Waals surface area (Å²) in [7, 11) is 0. The van der Waals surface area contributed by atoms with Crippen LogP contribution in [0.1, 0.15) is 59.8 Å². The van der Waals surface area contributed by atoms with Crippen molar-refractivity contribution in [3.8, 4) is 0 Å². The molecule has 0 amide bonds. The van der Waals surface area contributed by atoms with Gasteiger partial charge in [-0.15, -0.1) is 0 Å². The lowest BCUT2D eigenvalue weighted by atomic mass is 9.76. The van der Waals surface area contributed by atoms with Crippen LogP contribution in [0, 0.1) is 10.8 Å². The van der Waals surface area contributed by atoms with Crippen LogP contribution in [0.4, 0.5) is 0 Å². The van der Waals surface area contributed by atoms with Crippen LogP contribution < -0.4 is 0 Å². The number of carbonyl (C=O) groups excluding carboxylic acids is 1. The van der Waals surface area contributed by atoms with Crippen molar-refractivity contribution < 1.29 is 4.79 Å². The van der Waals surface area contributed by atoms with Crippen molar-refractivity contribution in [3.05, 3.63) is 11.1 Å². The van der Waals surface area contributed by atoms with Crippen LogP contribution in [0.3, 0.4) is 0 Å². The van der Waals surface area contributed by atoms with E-state index in [1.165, 1.54) is 0 Å². The quantitative estimate of drug-likeness (QED) is 0.642. The van der Waals surface area contributed by atoms with E-state index >= 15 is 0 Å². The molecule has 1 aliphatic carbocycles. The molecule has 0 heterocycles. The number of allylic oxidation sites excluding steroid dienone is 2. The lowest BCUT2D eigenvalue weighted by Crippen LogP contribution is -2.28. The maximum Gasteiger partial charge on any atom is 0.139 e. The Hall–Kier alpha value is -0.300. The Morgan fingerprint density at radius 1 is 1.38 bits per heavy atom. The van der Waals surface area contributed by atoms with Crippen molar-refractivity contribution in [1.29, 1.82) is 0 Å². The molecule has 1 fully saturated rings. The van der Waals surface area contributed by atoms with Gasteiger partial charge in [-0.3, -0.25) is 4.79 Å². The Bertz CT molecular complexity index is 300.